The number of anilines is 1. The molecular formula is C13H16FN3O2. The Bertz CT molecular complexity index is 504. The Labute approximate surface area is 110 Å². The molecule has 1 aliphatic heterocycles. The highest BCUT2D eigenvalue weighted by molar-refractivity contribution is 6.01. The molecule has 0 aromatic heterocycles. The van der Waals surface area contributed by atoms with Crippen LogP contribution in [0.2, 0.25) is 0 Å². The van der Waals surface area contributed by atoms with Gasteiger partial charge in [-0.2, -0.15) is 0 Å². The number of para-hydroxylation sites is 1. The second-order valence-electron chi connectivity index (χ2n) is 4.58. The maximum atomic E-state index is 13.6. The van der Waals surface area contributed by atoms with E-state index in [1.54, 1.807) is 25.1 Å². The van der Waals surface area contributed by atoms with Crippen LogP contribution in [-0.4, -0.2) is 30.4 Å². The van der Waals surface area contributed by atoms with Gasteiger partial charge in [0.15, 0.2) is 0 Å². The predicted octanol–water partition coefficient (Wildman–Crippen LogP) is 0.394. The first-order chi connectivity index (χ1) is 9.00. The molecule has 19 heavy (non-hydrogen) atoms. The molecule has 1 heterocycles. The van der Waals surface area contributed by atoms with Crippen molar-refractivity contribution in [3.05, 3.63) is 30.1 Å². The topological polar surface area (TPSA) is 75.4 Å². The minimum absolute atomic E-state index is 0.241. The Kier molecular flexibility index (Phi) is 3.80. The van der Waals surface area contributed by atoms with Gasteiger partial charge >= 0.3 is 0 Å². The normalized spacial score (nSPS) is 20.5. The molecule has 102 valence electrons. The van der Waals surface area contributed by atoms with Crippen LogP contribution in [0.25, 0.3) is 0 Å². The van der Waals surface area contributed by atoms with E-state index in [-0.39, 0.29) is 17.5 Å². The Balaban J connectivity index is 2.10. The average Bonchev–Trinajstić information content (AvgIpc) is 2.72. The van der Waals surface area contributed by atoms with Crippen molar-refractivity contribution in [1.29, 1.82) is 0 Å². The maximum absolute atomic E-state index is 13.6. The molecule has 1 fully saturated rings. The van der Waals surface area contributed by atoms with Crippen LogP contribution < -0.4 is 16.0 Å². The minimum atomic E-state index is -0.671. The molecule has 1 saturated heterocycles. The summed E-state index contributed by atoms with van der Waals surface area (Å²) in [5.41, 5.74) is 5.67. The van der Waals surface area contributed by atoms with E-state index in [0.29, 0.717) is 13.0 Å². The second kappa shape index (κ2) is 5.36. The minimum Gasteiger partial charge on any atom is -0.343 e. The molecule has 1 aliphatic rings. The molecule has 6 heteroatoms. The van der Waals surface area contributed by atoms with Crippen LogP contribution >= 0.6 is 0 Å². The summed E-state index contributed by atoms with van der Waals surface area (Å²) in [7, 11) is 0. The van der Waals surface area contributed by atoms with Gasteiger partial charge in [0, 0.05) is 6.54 Å². The molecule has 3 N–H and O–H groups in total. The maximum Gasteiger partial charge on any atom is 0.249 e. The Morgan fingerprint density at radius 1 is 1.53 bits per heavy atom. The van der Waals surface area contributed by atoms with Gasteiger partial charge in [-0.1, -0.05) is 12.1 Å². The average molecular weight is 265 g/mol. The van der Waals surface area contributed by atoms with E-state index in [0.717, 1.165) is 0 Å². The van der Waals surface area contributed by atoms with Gasteiger partial charge in [0.25, 0.3) is 0 Å². The standard InChI is InChI=1S/C13H16FN3O2/c1-8(15)12(18)16-10-6-7-17(13(10)19)11-5-3-2-4-9(11)14/h2-5,8,10H,6-7,15H2,1H3,(H,16,18)/t8-,10?/m1/s1. The Morgan fingerprint density at radius 3 is 2.84 bits per heavy atom. The van der Waals surface area contributed by atoms with E-state index in [9.17, 15) is 14.0 Å². The first kappa shape index (κ1) is 13.5. The van der Waals surface area contributed by atoms with Crippen LogP contribution in [0.4, 0.5) is 10.1 Å². The second-order valence-corrected chi connectivity index (χ2v) is 4.58. The lowest BCUT2D eigenvalue weighted by atomic mass is 10.2. The van der Waals surface area contributed by atoms with Gasteiger partial charge in [0.1, 0.15) is 11.9 Å². The smallest absolute Gasteiger partial charge is 0.249 e. The zero-order chi connectivity index (χ0) is 14.0. The van der Waals surface area contributed by atoms with E-state index in [1.807, 2.05) is 0 Å². The molecule has 5 nitrogen and oxygen atoms in total. The number of nitrogens with two attached hydrogens (primary N) is 1. The SMILES string of the molecule is C[C@@H](N)C(=O)NC1CCN(c2ccccc2F)C1=O. The molecular weight excluding hydrogens is 249 g/mol. The highest BCUT2D eigenvalue weighted by atomic mass is 19.1. The quantitative estimate of drug-likeness (QED) is 0.830. The van der Waals surface area contributed by atoms with E-state index in [2.05, 4.69) is 5.32 Å². The zero-order valence-corrected chi connectivity index (χ0v) is 10.6. The van der Waals surface area contributed by atoms with Crippen LogP contribution in [0.1, 0.15) is 13.3 Å². The largest absolute Gasteiger partial charge is 0.343 e. The molecule has 1 aromatic carbocycles. The monoisotopic (exact) mass is 265 g/mol. The number of hydrogen-bond acceptors (Lipinski definition) is 3. The first-order valence-electron chi connectivity index (χ1n) is 6.12. The fourth-order valence-electron chi connectivity index (χ4n) is 2.03. The van der Waals surface area contributed by atoms with Crippen LogP contribution in [0.15, 0.2) is 24.3 Å². The molecule has 0 bridgehead atoms. The van der Waals surface area contributed by atoms with Crippen LogP contribution in [-0.2, 0) is 9.59 Å². The summed E-state index contributed by atoms with van der Waals surface area (Å²) in [6, 6.07) is 4.78. The van der Waals surface area contributed by atoms with Crippen LogP contribution in [0.3, 0.4) is 0 Å². The van der Waals surface area contributed by atoms with Crippen molar-refractivity contribution >= 4 is 17.5 Å². The van der Waals surface area contributed by atoms with Gasteiger partial charge in [-0.15, -0.1) is 0 Å². The van der Waals surface area contributed by atoms with E-state index in [4.69, 9.17) is 5.73 Å². The lowest BCUT2D eigenvalue weighted by molar-refractivity contribution is -0.127. The molecule has 2 amide bonds. The summed E-state index contributed by atoms with van der Waals surface area (Å²) in [6.07, 6.45) is 0.450. The van der Waals surface area contributed by atoms with Crippen molar-refractivity contribution in [3.8, 4) is 0 Å². The van der Waals surface area contributed by atoms with Gasteiger partial charge in [0.2, 0.25) is 11.8 Å². The lowest BCUT2D eigenvalue weighted by Crippen LogP contribution is -2.47. The number of nitrogens with zero attached hydrogens (tertiary/aromatic N) is 1. The van der Waals surface area contributed by atoms with Gasteiger partial charge in [-0.25, -0.2) is 4.39 Å². The van der Waals surface area contributed by atoms with Gasteiger partial charge in [-0.05, 0) is 25.5 Å². The van der Waals surface area contributed by atoms with E-state index < -0.39 is 17.9 Å². The fraction of sp³-hybridized carbons (Fsp3) is 0.385. The number of rotatable bonds is 3. The van der Waals surface area contributed by atoms with E-state index in [1.165, 1.54) is 11.0 Å². The summed E-state index contributed by atoms with van der Waals surface area (Å²) in [6.45, 7) is 1.92. The third-order valence-corrected chi connectivity index (χ3v) is 3.08. The summed E-state index contributed by atoms with van der Waals surface area (Å²) in [5, 5.41) is 2.57. The molecule has 0 aliphatic carbocycles. The Hall–Kier alpha value is -1.95. The van der Waals surface area contributed by atoms with Gasteiger partial charge in [-0.3, -0.25) is 9.59 Å². The molecule has 2 rings (SSSR count). The van der Waals surface area contributed by atoms with E-state index >= 15 is 0 Å². The molecule has 1 aromatic rings. The summed E-state index contributed by atoms with van der Waals surface area (Å²) < 4.78 is 13.6. The van der Waals surface area contributed by atoms with Crippen molar-refractivity contribution in [3.63, 3.8) is 0 Å². The summed E-state index contributed by atoms with van der Waals surface area (Å²) >= 11 is 0. The first-order valence-corrected chi connectivity index (χ1v) is 6.12. The molecule has 0 spiro atoms. The number of benzene rings is 1. The third kappa shape index (κ3) is 2.73. The van der Waals surface area contributed by atoms with Crippen LogP contribution in [0.5, 0.6) is 0 Å². The number of hydrogen-bond donors (Lipinski definition) is 2. The number of nitrogens with one attached hydrogen (secondary N) is 1. The Morgan fingerprint density at radius 2 is 2.21 bits per heavy atom. The van der Waals surface area contributed by atoms with Crippen molar-refractivity contribution in [2.45, 2.75) is 25.4 Å². The van der Waals surface area contributed by atoms with Crippen molar-refractivity contribution in [1.82, 2.24) is 5.32 Å². The highest BCUT2D eigenvalue weighted by Gasteiger charge is 2.34. The zero-order valence-electron chi connectivity index (χ0n) is 10.6. The highest BCUT2D eigenvalue weighted by Crippen LogP contribution is 2.24. The number of halogens is 1. The number of carbonyl (C=O) groups is 2. The van der Waals surface area contributed by atoms with Gasteiger partial charge in [0.05, 0.1) is 11.7 Å². The molecule has 0 radical (unpaired) electrons. The van der Waals surface area contributed by atoms with Gasteiger partial charge < -0.3 is 16.0 Å². The number of amides is 2. The van der Waals surface area contributed by atoms with Crippen LogP contribution in [0, 0.1) is 5.82 Å². The predicted molar refractivity (Wildman–Crippen MR) is 69.0 cm³/mol. The number of carbonyl (C=O) groups excluding carboxylic acids is 2. The lowest BCUT2D eigenvalue weighted by Gasteiger charge is -2.18. The van der Waals surface area contributed by atoms with Crippen molar-refractivity contribution in [2.75, 3.05) is 11.4 Å². The summed E-state index contributed by atoms with van der Waals surface area (Å²) in [5.74, 6) is -1.14. The van der Waals surface area contributed by atoms with Crippen molar-refractivity contribution < 1.29 is 14.0 Å². The van der Waals surface area contributed by atoms with Crippen molar-refractivity contribution in [2.24, 2.45) is 5.73 Å². The molecule has 2 atom stereocenters. The molecule has 1 unspecified atom stereocenters. The summed E-state index contributed by atoms with van der Waals surface area (Å²) in [4.78, 5) is 24.9. The third-order valence-electron chi connectivity index (χ3n) is 3.08. The molecule has 0 saturated carbocycles. The fourth-order valence-corrected chi connectivity index (χ4v) is 2.03.